The third-order valence-corrected chi connectivity index (χ3v) is 6.16. The van der Waals surface area contributed by atoms with Crippen molar-refractivity contribution in [1.82, 2.24) is 14.5 Å². The van der Waals surface area contributed by atoms with Crippen molar-refractivity contribution in [3.8, 4) is 0 Å². The van der Waals surface area contributed by atoms with E-state index in [9.17, 15) is 9.59 Å². The highest BCUT2D eigenvalue weighted by molar-refractivity contribution is 7.99. The van der Waals surface area contributed by atoms with Crippen LogP contribution in [-0.4, -0.2) is 39.7 Å². The SMILES string of the molecule is CCCCN(C)C(=O)CSc1nc2ccsc2c(=O)n1Cc1ccccc1. The molecule has 0 atom stereocenters. The molecule has 3 rings (SSSR count). The van der Waals surface area contributed by atoms with E-state index < -0.39 is 0 Å². The summed E-state index contributed by atoms with van der Waals surface area (Å²) in [6.45, 7) is 3.31. The molecule has 0 aliphatic rings. The minimum absolute atomic E-state index is 0.0480. The summed E-state index contributed by atoms with van der Waals surface area (Å²) in [4.78, 5) is 31.7. The Morgan fingerprint density at radius 1 is 1.26 bits per heavy atom. The zero-order chi connectivity index (χ0) is 19.2. The van der Waals surface area contributed by atoms with Crippen molar-refractivity contribution in [2.45, 2.75) is 31.5 Å². The van der Waals surface area contributed by atoms with Crippen LogP contribution < -0.4 is 5.56 Å². The van der Waals surface area contributed by atoms with Gasteiger partial charge in [-0.2, -0.15) is 0 Å². The normalized spacial score (nSPS) is 11.0. The van der Waals surface area contributed by atoms with Crippen molar-refractivity contribution in [2.24, 2.45) is 0 Å². The van der Waals surface area contributed by atoms with E-state index in [0.717, 1.165) is 24.9 Å². The first-order valence-electron chi connectivity index (χ1n) is 8.99. The average molecular weight is 402 g/mol. The Morgan fingerprint density at radius 3 is 2.78 bits per heavy atom. The fourth-order valence-corrected chi connectivity index (χ4v) is 4.41. The van der Waals surface area contributed by atoms with Gasteiger partial charge in [-0.15, -0.1) is 11.3 Å². The summed E-state index contributed by atoms with van der Waals surface area (Å²) in [5, 5.41) is 2.47. The molecule has 0 aliphatic heterocycles. The number of hydrogen-bond donors (Lipinski definition) is 0. The Kier molecular flexibility index (Phi) is 6.68. The molecule has 0 aliphatic carbocycles. The number of aromatic nitrogens is 2. The predicted molar refractivity (Wildman–Crippen MR) is 113 cm³/mol. The smallest absolute Gasteiger partial charge is 0.272 e. The first-order valence-corrected chi connectivity index (χ1v) is 10.9. The molecule has 142 valence electrons. The van der Waals surface area contributed by atoms with E-state index in [4.69, 9.17) is 0 Å². The Labute approximate surface area is 167 Å². The molecule has 0 bridgehead atoms. The van der Waals surface area contributed by atoms with Crippen molar-refractivity contribution in [1.29, 1.82) is 0 Å². The molecule has 27 heavy (non-hydrogen) atoms. The van der Waals surface area contributed by atoms with Gasteiger partial charge in [-0.05, 0) is 23.4 Å². The van der Waals surface area contributed by atoms with Crippen molar-refractivity contribution < 1.29 is 4.79 Å². The van der Waals surface area contributed by atoms with Crippen LogP contribution in [0.3, 0.4) is 0 Å². The van der Waals surface area contributed by atoms with Crippen molar-refractivity contribution in [2.75, 3.05) is 19.3 Å². The van der Waals surface area contributed by atoms with Gasteiger partial charge in [0.15, 0.2) is 5.16 Å². The second kappa shape index (κ2) is 9.19. The van der Waals surface area contributed by atoms with Gasteiger partial charge in [-0.25, -0.2) is 4.98 Å². The first-order chi connectivity index (χ1) is 13.1. The lowest BCUT2D eigenvalue weighted by molar-refractivity contribution is -0.127. The minimum atomic E-state index is -0.0480. The maximum atomic E-state index is 13.0. The molecule has 0 radical (unpaired) electrons. The number of hydrogen-bond acceptors (Lipinski definition) is 5. The highest BCUT2D eigenvalue weighted by Gasteiger charge is 2.16. The van der Waals surface area contributed by atoms with Gasteiger partial charge >= 0.3 is 0 Å². The number of carbonyl (C=O) groups excluding carboxylic acids is 1. The predicted octanol–water partition coefficient (Wildman–Crippen LogP) is 3.86. The van der Waals surface area contributed by atoms with E-state index in [1.54, 1.807) is 9.47 Å². The molecule has 5 nitrogen and oxygen atoms in total. The van der Waals surface area contributed by atoms with E-state index >= 15 is 0 Å². The first kappa shape index (κ1) is 19.6. The average Bonchev–Trinajstić information content (AvgIpc) is 3.16. The summed E-state index contributed by atoms with van der Waals surface area (Å²) < 4.78 is 2.33. The Balaban J connectivity index is 1.86. The molecule has 0 N–H and O–H groups in total. The molecule has 1 aromatic carbocycles. The Hall–Kier alpha value is -2.12. The summed E-state index contributed by atoms with van der Waals surface area (Å²) >= 11 is 2.74. The molecule has 2 heterocycles. The lowest BCUT2D eigenvalue weighted by Gasteiger charge is -2.17. The summed E-state index contributed by atoms with van der Waals surface area (Å²) in [7, 11) is 1.82. The minimum Gasteiger partial charge on any atom is -0.345 e. The molecule has 0 saturated heterocycles. The monoisotopic (exact) mass is 401 g/mol. The lowest BCUT2D eigenvalue weighted by atomic mass is 10.2. The number of nitrogens with zero attached hydrogens (tertiary/aromatic N) is 3. The number of amides is 1. The van der Waals surface area contributed by atoms with Gasteiger partial charge in [0.1, 0.15) is 4.70 Å². The van der Waals surface area contributed by atoms with Crippen LogP contribution in [0.15, 0.2) is 51.7 Å². The largest absolute Gasteiger partial charge is 0.345 e. The fraction of sp³-hybridized carbons (Fsp3) is 0.350. The van der Waals surface area contributed by atoms with Gasteiger partial charge in [0, 0.05) is 13.6 Å². The van der Waals surface area contributed by atoms with Crippen LogP contribution in [0.5, 0.6) is 0 Å². The maximum Gasteiger partial charge on any atom is 0.272 e. The quantitative estimate of drug-likeness (QED) is 0.425. The zero-order valence-corrected chi connectivity index (χ0v) is 17.2. The standard InChI is InChI=1S/C20H23N3O2S2/c1-3-4-11-22(2)17(24)14-27-20-21-16-10-12-26-18(16)19(25)23(20)13-15-8-6-5-7-9-15/h5-10,12H,3-4,11,13-14H2,1-2H3. The third kappa shape index (κ3) is 4.78. The zero-order valence-electron chi connectivity index (χ0n) is 15.6. The molecule has 0 saturated carbocycles. The maximum absolute atomic E-state index is 13.0. The van der Waals surface area contributed by atoms with Crippen LogP contribution in [0.2, 0.25) is 0 Å². The Morgan fingerprint density at radius 2 is 2.04 bits per heavy atom. The molecule has 2 aromatic heterocycles. The van der Waals surface area contributed by atoms with E-state index in [2.05, 4.69) is 11.9 Å². The number of rotatable bonds is 8. The van der Waals surface area contributed by atoms with Gasteiger partial charge in [0.25, 0.3) is 5.56 Å². The molecule has 0 unspecified atom stereocenters. The fourth-order valence-electron chi connectivity index (χ4n) is 2.70. The molecule has 1 amide bonds. The number of unbranched alkanes of at least 4 members (excludes halogenated alkanes) is 1. The topological polar surface area (TPSA) is 55.2 Å². The van der Waals surface area contributed by atoms with Gasteiger partial charge in [0.05, 0.1) is 17.8 Å². The van der Waals surface area contributed by atoms with Crippen molar-refractivity contribution in [3.63, 3.8) is 0 Å². The van der Waals surface area contributed by atoms with Crippen LogP contribution in [0.1, 0.15) is 25.3 Å². The highest BCUT2D eigenvalue weighted by Crippen LogP contribution is 2.22. The summed E-state index contributed by atoms with van der Waals surface area (Å²) in [5.74, 6) is 0.330. The molecule has 3 aromatic rings. The second-order valence-corrected chi connectivity index (χ2v) is 8.22. The van der Waals surface area contributed by atoms with E-state index in [1.165, 1.54) is 23.1 Å². The van der Waals surface area contributed by atoms with Gasteiger partial charge in [-0.1, -0.05) is 55.4 Å². The van der Waals surface area contributed by atoms with Crippen LogP contribution in [0, 0.1) is 0 Å². The number of benzene rings is 1. The van der Waals surface area contributed by atoms with Crippen LogP contribution in [-0.2, 0) is 11.3 Å². The molecular weight excluding hydrogens is 378 g/mol. The number of fused-ring (bicyclic) bond motifs is 1. The number of thioether (sulfide) groups is 1. The molecule has 0 fully saturated rings. The number of thiophene rings is 1. The highest BCUT2D eigenvalue weighted by atomic mass is 32.2. The van der Waals surface area contributed by atoms with Gasteiger partial charge < -0.3 is 4.90 Å². The van der Waals surface area contributed by atoms with Gasteiger partial charge in [-0.3, -0.25) is 14.2 Å². The summed E-state index contributed by atoms with van der Waals surface area (Å²) in [6.07, 6.45) is 2.04. The summed E-state index contributed by atoms with van der Waals surface area (Å²) in [6, 6.07) is 11.7. The van der Waals surface area contributed by atoms with Crippen molar-refractivity contribution in [3.05, 3.63) is 57.7 Å². The number of carbonyl (C=O) groups is 1. The van der Waals surface area contributed by atoms with E-state index in [1.807, 2.05) is 48.8 Å². The van der Waals surface area contributed by atoms with Crippen LogP contribution in [0.25, 0.3) is 10.2 Å². The molecule has 7 heteroatoms. The van der Waals surface area contributed by atoms with Crippen LogP contribution in [0.4, 0.5) is 0 Å². The second-order valence-electron chi connectivity index (χ2n) is 6.36. The van der Waals surface area contributed by atoms with Crippen LogP contribution >= 0.6 is 23.1 Å². The summed E-state index contributed by atoms with van der Waals surface area (Å²) in [5.41, 5.74) is 1.68. The molecular formula is C20H23N3O2S2. The van der Waals surface area contributed by atoms with E-state index in [-0.39, 0.29) is 17.2 Å². The third-order valence-electron chi connectivity index (χ3n) is 4.31. The lowest BCUT2D eigenvalue weighted by Crippen LogP contribution is -2.30. The van der Waals surface area contributed by atoms with Crippen molar-refractivity contribution >= 4 is 39.2 Å². The van der Waals surface area contributed by atoms with E-state index in [0.29, 0.717) is 21.9 Å². The van der Waals surface area contributed by atoms with Gasteiger partial charge in [0.2, 0.25) is 5.91 Å². The molecule has 0 spiro atoms. The Bertz CT molecular complexity index is 966.